The van der Waals surface area contributed by atoms with Gasteiger partial charge < -0.3 is 19.7 Å². The summed E-state index contributed by atoms with van der Waals surface area (Å²) in [4.78, 5) is 25.9. The molecule has 136 valence electrons. The van der Waals surface area contributed by atoms with E-state index in [2.05, 4.69) is 5.32 Å². The molecule has 1 N–H and O–H groups in total. The number of hydrogen-bond donors (Lipinski definition) is 1. The highest BCUT2D eigenvalue weighted by Crippen LogP contribution is 2.37. The minimum absolute atomic E-state index is 0.0937. The fourth-order valence-corrected chi connectivity index (χ4v) is 3.28. The Labute approximate surface area is 152 Å². The van der Waals surface area contributed by atoms with Crippen LogP contribution < -0.4 is 14.8 Å². The third-order valence-corrected chi connectivity index (χ3v) is 4.50. The van der Waals surface area contributed by atoms with Gasteiger partial charge in [0.2, 0.25) is 11.8 Å². The van der Waals surface area contributed by atoms with Gasteiger partial charge in [-0.1, -0.05) is 36.4 Å². The van der Waals surface area contributed by atoms with Crippen LogP contribution in [0.2, 0.25) is 0 Å². The first-order valence-corrected chi connectivity index (χ1v) is 8.38. The molecule has 6 nitrogen and oxygen atoms in total. The molecule has 0 aliphatic carbocycles. The summed E-state index contributed by atoms with van der Waals surface area (Å²) in [5, 5.41) is 2.76. The first-order chi connectivity index (χ1) is 12.5. The molecule has 0 aromatic heterocycles. The summed E-state index contributed by atoms with van der Waals surface area (Å²) in [5.41, 5.74) is 1.92. The number of methoxy groups -OCH3 is 2. The molecule has 2 aromatic carbocycles. The zero-order chi connectivity index (χ0) is 18.7. The van der Waals surface area contributed by atoms with E-state index < -0.39 is 6.04 Å². The van der Waals surface area contributed by atoms with Gasteiger partial charge in [-0.05, 0) is 23.3 Å². The topological polar surface area (TPSA) is 67.9 Å². The van der Waals surface area contributed by atoms with E-state index in [-0.39, 0.29) is 17.9 Å². The molecule has 1 saturated heterocycles. The van der Waals surface area contributed by atoms with E-state index in [4.69, 9.17) is 9.47 Å². The van der Waals surface area contributed by atoms with Gasteiger partial charge in [0, 0.05) is 13.5 Å². The number of amides is 2. The molecule has 0 spiro atoms. The summed E-state index contributed by atoms with van der Waals surface area (Å²) in [5.74, 6) is 0.952. The summed E-state index contributed by atoms with van der Waals surface area (Å²) in [6.45, 7) is 1.85. The van der Waals surface area contributed by atoms with Crippen LogP contribution in [-0.2, 0) is 16.1 Å². The highest BCUT2D eigenvalue weighted by molar-refractivity contribution is 5.93. The van der Waals surface area contributed by atoms with Crippen LogP contribution in [0.1, 0.15) is 24.1 Å². The Balaban J connectivity index is 1.86. The van der Waals surface area contributed by atoms with Gasteiger partial charge in [0.1, 0.15) is 6.04 Å². The van der Waals surface area contributed by atoms with E-state index in [1.165, 1.54) is 6.92 Å². The van der Waals surface area contributed by atoms with Crippen molar-refractivity contribution in [2.24, 2.45) is 0 Å². The number of nitrogens with zero attached hydrogens (tertiary/aromatic N) is 1. The molecule has 2 aromatic rings. The Morgan fingerprint density at radius 1 is 1.08 bits per heavy atom. The molecule has 0 saturated carbocycles. The highest BCUT2D eigenvalue weighted by atomic mass is 16.5. The SMILES string of the molecule is COc1ccc(CN2C(=O)C(NC(C)=O)C2c2ccccc2)cc1OC. The van der Waals surface area contributed by atoms with Crippen molar-refractivity contribution in [1.29, 1.82) is 0 Å². The van der Waals surface area contributed by atoms with Crippen molar-refractivity contribution in [3.05, 3.63) is 59.7 Å². The average molecular weight is 354 g/mol. The number of carbonyl (C=O) groups is 2. The second kappa shape index (κ2) is 7.47. The Morgan fingerprint density at radius 3 is 2.38 bits per heavy atom. The molecule has 1 heterocycles. The van der Waals surface area contributed by atoms with Crippen molar-refractivity contribution in [2.45, 2.75) is 25.6 Å². The van der Waals surface area contributed by atoms with Crippen LogP contribution in [0.3, 0.4) is 0 Å². The van der Waals surface area contributed by atoms with Crippen molar-refractivity contribution in [1.82, 2.24) is 10.2 Å². The average Bonchev–Trinajstić information content (AvgIpc) is 2.66. The summed E-state index contributed by atoms with van der Waals surface area (Å²) >= 11 is 0. The third kappa shape index (κ3) is 3.35. The summed E-state index contributed by atoms with van der Waals surface area (Å²) in [6, 6.07) is 14.6. The number of likely N-dealkylation sites (tertiary alicyclic amines) is 1. The molecule has 6 heteroatoms. The van der Waals surface area contributed by atoms with E-state index in [1.807, 2.05) is 48.5 Å². The quantitative estimate of drug-likeness (QED) is 0.808. The minimum atomic E-state index is -0.532. The smallest absolute Gasteiger partial charge is 0.248 e. The maximum atomic E-state index is 12.6. The number of ether oxygens (including phenoxy) is 2. The first-order valence-electron chi connectivity index (χ1n) is 8.38. The highest BCUT2D eigenvalue weighted by Gasteiger charge is 2.48. The molecule has 1 fully saturated rings. The Hall–Kier alpha value is -3.02. The van der Waals surface area contributed by atoms with E-state index in [0.29, 0.717) is 18.0 Å². The first kappa shape index (κ1) is 17.8. The molecule has 0 bridgehead atoms. The maximum Gasteiger partial charge on any atom is 0.248 e. The number of hydrogen-bond acceptors (Lipinski definition) is 4. The summed E-state index contributed by atoms with van der Waals surface area (Å²) < 4.78 is 10.6. The van der Waals surface area contributed by atoms with E-state index in [0.717, 1.165) is 11.1 Å². The maximum absolute atomic E-state index is 12.6. The van der Waals surface area contributed by atoms with Crippen molar-refractivity contribution < 1.29 is 19.1 Å². The number of benzene rings is 2. The minimum Gasteiger partial charge on any atom is -0.493 e. The van der Waals surface area contributed by atoms with Crippen LogP contribution in [0.4, 0.5) is 0 Å². The molecule has 0 radical (unpaired) electrons. The molecule has 2 unspecified atom stereocenters. The predicted octanol–water partition coefficient (Wildman–Crippen LogP) is 2.29. The lowest BCUT2D eigenvalue weighted by Crippen LogP contribution is -2.64. The van der Waals surface area contributed by atoms with Gasteiger partial charge >= 0.3 is 0 Å². The van der Waals surface area contributed by atoms with Gasteiger partial charge in [0.25, 0.3) is 0 Å². The molecule has 1 aliphatic heterocycles. The molecule has 2 amide bonds. The van der Waals surface area contributed by atoms with Gasteiger partial charge in [-0.3, -0.25) is 9.59 Å². The Bertz CT molecular complexity index is 807. The number of rotatable bonds is 6. The monoisotopic (exact) mass is 354 g/mol. The third-order valence-electron chi connectivity index (χ3n) is 4.50. The second-order valence-corrected chi connectivity index (χ2v) is 6.19. The van der Waals surface area contributed by atoms with Gasteiger partial charge in [-0.15, -0.1) is 0 Å². The predicted molar refractivity (Wildman–Crippen MR) is 96.9 cm³/mol. The van der Waals surface area contributed by atoms with Crippen LogP contribution >= 0.6 is 0 Å². The van der Waals surface area contributed by atoms with Crippen molar-refractivity contribution >= 4 is 11.8 Å². The van der Waals surface area contributed by atoms with Crippen LogP contribution in [0, 0.1) is 0 Å². The van der Waals surface area contributed by atoms with Gasteiger partial charge in [0.15, 0.2) is 11.5 Å². The second-order valence-electron chi connectivity index (χ2n) is 6.19. The zero-order valence-corrected chi connectivity index (χ0v) is 15.1. The number of β-lactam (4-membered cyclic amide) rings is 1. The lowest BCUT2D eigenvalue weighted by molar-refractivity contribution is -0.155. The fourth-order valence-electron chi connectivity index (χ4n) is 3.28. The van der Waals surface area contributed by atoms with Gasteiger partial charge in [-0.2, -0.15) is 0 Å². The van der Waals surface area contributed by atoms with Crippen LogP contribution in [0.15, 0.2) is 48.5 Å². The standard InChI is InChI=1S/C20H22N2O4/c1-13(23)21-18-19(15-7-5-4-6-8-15)22(20(18)24)12-14-9-10-16(25-2)17(11-14)26-3/h4-11,18-19H,12H2,1-3H3,(H,21,23). The zero-order valence-electron chi connectivity index (χ0n) is 15.1. The molecule has 3 rings (SSSR count). The van der Waals surface area contributed by atoms with E-state index in [9.17, 15) is 9.59 Å². The lowest BCUT2D eigenvalue weighted by atomic mass is 9.87. The van der Waals surface area contributed by atoms with E-state index >= 15 is 0 Å². The van der Waals surface area contributed by atoms with Crippen molar-refractivity contribution in [3.63, 3.8) is 0 Å². The van der Waals surface area contributed by atoms with E-state index in [1.54, 1.807) is 19.1 Å². The number of carbonyl (C=O) groups excluding carboxylic acids is 2. The lowest BCUT2D eigenvalue weighted by Gasteiger charge is -2.47. The number of nitrogens with one attached hydrogen (secondary N) is 1. The van der Waals surface area contributed by atoms with Crippen LogP contribution in [0.5, 0.6) is 11.5 Å². The van der Waals surface area contributed by atoms with Gasteiger partial charge in [0.05, 0.1) is 20.3 Å². The molecular formula is C20H22N2O4. The fraction of sp³-hybridized carbons (Fsp3) is 0.300. The molecule has 26 heavy (non-hydrogen) atoms. The summed E-state index contributed by atoms with van der Waals surface area (Å²) in [6.07, 6.45) is 0. The van der Waals surface area contributed by atoms with Crippen molar-refractivity contribution in [2.75, 3.05) is 14.2 Å². The summed E-state index contributed by atoms with van der Waals surface area (Å²) in [7, 11) is 3.16. The van der Waals surface area contributed by atoms with Gasteiger partial charge in [-0.25, -0.2) is 0 Å². The van der Waals surface area contributed by atoms with Crippen molar-refractivity contribution in [3.8, 4) is 11.5 Å². The molecular weight excluding hydrogens is 332 g/mol. The molecule has 2 atom stereocenters. The molecule has 1 aliphatic rings. The Morgan fingerprint density at radius 2 is 1.77 bits per heavy atom. The van der Waals surface area contributed by atoms with Crippen LogP contribution in [-0.4, -0.2) is 37.0 Å². The normalized spacial score (nSPS) is 18.9. The largest absolute Gasteiger partial charge is 0.493 e. The Kier molecular flexibility index (Phi) is 5.11. The van der Waals surface area contributed by atoms with Crippen LogP contribution in [0.25, 0.3) is 0 Å².